The lowest BCUT2D eigenvalue weighted by Crippen LogP contribution is -2.36. The van der Waals surface area contributed by atoms with E-state index in [0.717, 1.165) is 5.01 Å². The molecule has 0 fully saturated rings. The van der Waals surface area contributed by atoms with Gasteiger partial charge in [-0.3, -0.25) is 19.8 Å². The second-order valence-electron chi connectivity index (χ2n) is 5.68. The van der Waals surface area contributed by atoms with Gasteiger partial charge in [-0.25, -0.2) is 0 Å². The fourth-order valence-electron chi connectivity index (χ4n) is 2.84. The van der Waals surface area contributed by atoms with Gasteiger partial charge in [0.2, 0.25) is 5.43 Å². The Hall–Kier alpha value is -3.32. The summed E-state index contributed by atoms with van der Waals surface area (Å²) in [7, 11) is 1.54. The van der Waals surface area contributed by atoms with E-state index in [-0.39, 0.29) is 11.3 Å². The zero-order valence-electron chi connectivity index (χ0n) is 13.5. The van der Waals surface area contributed by atoms with E-state index < -0.39 is 17.2 Å². The van der Waals surface area contributed by atoms with Crippen LogP contribution in [-0.4, -0.2) is 28.9 Å². The van der Waals surface area contributed by atoms with Crippen molar-refractivity contribution in [1.82, 2.24) is 9.99 Å². The van der Waals surface area contributed by atoms with Gasteiger partial charge < -0.3 is 9.72 Å². The first-order chi connectivity index (χ1) is 12.5. The van der Waals surface area contributed by atoms with Crippen molar-refractivity contribution in [1.29, 1.82) is 0 Å². The van der Waals surface area contributed by atoms with E-state index in [1.807, 2.05) is 0 Å². The molecule has 0 atom stereocenters. The van der Waals surface area contributed by atoms with Crippen LogP contribution in [0.3, 0.4) is 0 Å². The van der Waals surface area contributed by atoms with Crippen LogP contribution < -0.4 is 15.6 Å². The monoisotopic (exact) mass is 369 g/mol. The number of hydrogen-bond donors (Lipinski definition) is 2. The molecule has 4 rings (SSSR count). The molecule has 26 heavy (non-hydrogen) atoms. The van der Waals surface area contributed by atoms with Crippen LogP contribution in [0, 0.1) is 0 Å². The fourth-order valence-corrected chi connectivity index (χ4v) is 3.01. The number of aromatic nitrogens is 1. The summed E-state index contributed by atoms with van der Waals surface area (Å²) >= 11 is 5.94. The van der Waals surface area contributed by atoms with E-state index >= 15 is 0 Å². The van der Waals surface area contributed by atoms with Crippen molar-refractivity contribution in [2.75, 3.05) is 12.5 Å². The van der Waals surface area contributed by atoms with Gasteiger partial charge in [0.1, 0.15) is 17.0 Å². The molecule has 2 amide bonds. The number of nitrogens with one attached hydrogen (secondary N) is 2. The van der Waals surface area contributed by atoms with E-state index in [4.69, 9.17) is 16.3 Å². The maximum absolute atomic E-state index is 12.7. The number of ether oxygens (including phenoxy) is 1. The molecule has 0 saturated carbocycles. The molecule has 1 aromatic heterocycles. The second kappa shape index (κ2) is 5.89. The number of nitrogens with zero attached hydrogens (tertiary/aromatic N) is 1. The summed E-state index contributed by atoms with van der Waals surface area (Å²) in [6.07, 6.45) is 0. The first-order valence-corrected chi connectivity index (χ1v) is 8.02. The molecule has 2 aromatic carbocycles. The number of carbonyl (C=O) groups excluding carboxylic acids is 2. The van der Waals surface area contributed by atoms with Gasteiger partial charge in [-0.2, -0.15) is 5.01 Å². The molecule has 7 nitrogen and oxygen atoms in total. The first kappa shape index (κ1) is 16.2. The Labute approximate surface area is 152 Å². The van der Waals surface area contributed by atoms with Gasteiger partial charge >= 0.3 is 0 Å². The number of hydrogen-bond acceptors (Lipinski definition) is 5. The Morgan fingerprint density at radius 1 is 1.04 bits per heavy atom. The second-order valence-corrected chi connectivity index (χ2v) is 6.12. The SMILES string of the molecule is COc1ccc(NN2C(=O)c3[nH]c4cc(Cl)ccc4c(=O)c3C2=O)cc1. The minimum Gasteiger partial charge on any atom is -0.497 e. The third-order valence-electron chi connectivity index (χ3n) is 4.13. The summed E-state index contributed by atoms with van der Waals surface area (Å²) in [6, 6.07) is 11.3. The molecule has 0 saturated heterocycles. The third kappa shape index (κ3) is 2.41. The Bertz CT molecular complexity index is 1120. The van der Waals surface area contributed by atoms with Crippen LogP contribution in [0.15, 0.2) is 47.3 Å². The predicted octanol–water partition coefficient (Wildman–Crippen LogP) is 2.81. The number of halogens is 1. The zero-order chi connectivity index (χ0) is 18.4. The van der Waals surface area contributed by atoms with Crippen LogP contribution in [0.4, 0.5) is 5.69 Å². The highest BCUT2D eigenvalue weighted by Gasteiger charge is 2.39. The molecular weight excluding hydrogens is 358 g/mol. The molecular formula is C18H12ClN3O4. The molecule has 2 heterocycles. The number of amides is 2. The minimum absolute atomic E-state index is 0.0595. The van der Waals surface area contributed by atoms with Crippen molar-refractivity contribution in [3.63, 3.8) is 0 Å². The van der Waals surface area contributed by atoms with E-state index in [1.54, 1.807) is 30.3 Å². The van der Waals surface area contributed by atoms with Crippen LogP contribution in [0.1, 0.15) is 20.8 Å². The van der Waals surface area contributed by atoms with Gasteiger partial charge in [0.15, 0.2) is 0 Å². The largest absolute Gasteiger partial charge is 0.497 e. The number of anilines is 1. The molecule has 130 valence electrons. The van der Waals surface area contributed by atoms with Gasteiger partial charge in [-0.05, 0) is 42.5 Å². The maximum atomic E-state index is 12.7. The normalized spacial score (nSPS) is 13.2. The van der Waals surface area contributed by atoms with Gasteiger partial charge in [-0.1, -0.05) is 11.6 Å². The first-order valence-electron chi connectivity index (χ1n) is 7.64. The number of fused-ring (bicyclic) bond motifs is 2. The molecule has 1 aliphatic heterocycles. The molecule has 0 spiro atoms. The summed E-state index contributed by atoms with van der Waals surface area (Å²) in [5.41, 5.74) is 2.86. The molecule has 8 heteroatoms. The molecule has 2 N–H and O–H groups in total. The number of rotatable bonds is 3. The van der Waals surface area contributed by atoms with Crippen molar-refractivity contribution in [2.24, 2.45) is 0 Å². The Morgan fingerprint density at radius 3 is 2.46 bits per heavy atom. The predicted molar refractivity (Wildman–Crippen MR) is 96.7 cm³/mol. The molecule has 0 bridgehead atoms. The highest BCUT2D eigenvalue weighted by Crippen LogP contribution is 2.24. The van der Waals surface area contributed by atoms with E-state index in [1.165, 1.54) is 19.2 Å². The number of H-pyrrole nitrogens is 1. The average Bonchev–Trinajstić information content (AvgIpc) is 2.87. The third-order valence-corrected chi connectivity index (χ3v) is 4.36. The van der Waals surface area contributed by atoms with Gasteiger partial charge in [0, 0.05) is 10.4 Å². The number of benzene rings is 2. The van der Waals surface area contributed by atoms with Crippen LogP contribution in [0.5, 0.6) is 5.75 Å². The molecule has 3 aromatic rings. The van der Waals surface area contributed by atoms with Crippen LogP contribution in [0.25, 0.3) is 10.9 Å². The topological polar surface area (TPSA) is 91.5 Å². The number of aromatic amines is 1. The van der Waals surface area contributed by atoms with Crippen molar-refractivity contribution in [2.45, 2.75) is 0 Å². The van der Waals surface area contributed by atoms with Crippen molar-refractivity contribution in [3.05, 3.63) is 69.0 Å². The highest BCUT2D eigenvalue weighted by molar-refractivity contribution is 6.31. The fraction of sp³-hybridized carbons (Fsp3) is 0.0556. The quantitative estimate of drug-likeness (QED) is 0.693. The summed E-state index contributed by atoms with van der Waals surface area (Å²) in [6.45, 7) is 0. The molecule has 1 aliphatic rings. The van der Waals surface area contributed by atoms with Crippen LogP contribution in [0.2, 0.25) is 5.02 Å². The smallest absolute Gasteiger partial charge is 0.297 e. The summed E-state index contributed by atoms with van der Waals surface area (Å²) in [5.74, 6) is -0.713. The summed E-state index contributed by atoms with van der Waals surface area (Å²) < 4.78 is 5.07. The van der Waals surface area contributed by atoms with Gasteiger partial charge in [0.05, 0.1) is 18.3 Å². The maximum Gasteiger partial charge on any atom is 0.297 e. The lowest BCUT2D eigenvalue weighted by molar-refractivity contribution is 0.0689. The van der Waals surface area contributed by atoms with Gasteiger partial charge in [-0.15, -0.1) is 0 Å². The van der Waals surface area contributed by atoms with Crippen LogP contribution in [-0.2, 0) is 0 Å². The highest BCUT2D eigenvalue weighted by atomic mass is 35.5. The Balaban J connectivity index is 1.76. The van der Waals surface area contributed by atoms with Crippen molar-refractivity contribution in [3.8, 4) is 5.75 Å². The standard InChI is InChI=1S/C18H12ClN3O4/c1-26-11-5-3-10(4-6-11)21-22-17(24)14-15(18(22)25)20-13-8-9(19)2-7-12(13)16(14)23/h2-8,21H,1H3,(H,20,23). The van der Waals surface area contributed by atoms with Gasteiger partial charge in [0.25, 0.3) is 11.8 Å². The average molecular weight is 370 g/mol. The number of carbonyl (C=O) groups is 2. The number of imide groups is 1. The number of pyridine rings is 1. The number of hydrazine groups is 1. The summed E-state index contributed by atoms with van der Waals surface area (Å²) in [4.78, 5) is 40.8. The summed E-state index contributed by atoms with van der Waals surface area (Å²) in [5, 5.41) is 1.52. The van der Waals surface area contributed by atoms with E-state index in [0.29, 0.717) is 27.4 Å². The number of methoxy groups -OCH3 is 1. The molecule has 0 aliphatic carbocycles. The Morgan fingerprint density at radius 2 is 1.77 bits per heavy atom. The van der Waals surface area contributed by atoms with E-state index in [2.05, 4.69) is 10.4 Å². The molecule has 0 unspecified atom stereocenters. The van der Waals surface area contributed by atoms with Crippen LogP contribution >= 0.6 is 11.6 Å². The lowest BCUT2D eigenvalue weighted by Gasteiger charge is -2.16. The van der Waals surface area contributed by atoms with Crippen molar-refractivity contribution >= 4 is 40.0 Å². The zero-order valence-corrected chi connectivity index (χ0v) is 14.3. The van der Waals surface area contributed by atoms with E-state index in [9.17, 15) is 14.4 Å². The molecule has 0 radical (unpaired) electrons. The lowest BCUT2D eigenvalue weighted by atomic mass is 10.1. The minimum atomic E-state index is -0.709. The van der Waals surface area contributed by atoms with Crippen molar-refractivity contribution < 1.29 is 14.3 Å². The Kier molecular flexibility index (Phi) is 3.66.